The summed E-state index contributed by atoms with van der Waals surface area (Å²) in [6.07, 6.45) is 0.876. The van der Waals surface area contributed by atoms with Crippen LogP contribution in [0, 0.1) is 5.82 Å². The minimum absolute atomic E-state index is 0.0312. The monoisotopic (exact) mass is 428 g/mol. The van der Waals surface area contributed by atoms with Crippen molar-refractivity contribution in [2.75, 3.05) is 23.0 Å². The molecule has 0 aromatic heterocycles. The zero-order chi connectivity index (χ0) is 21.1. The highest BCUT2D eigenvalue weighted by Gasteiger charge is 2.31. The molecule has 28 heavy (non-hydrogen) atoms. The molecule has 2 rings (SSSR count). The quantitative estimate of drug-likeness (QED) is 0.714. The number of carbonyl (C=O) groups excluding carboxylic acids is 2. The summed E-state index contributed by atoms with van der Waals surface area (Å²) in [4.78, 5) is 24.4. The first-order valence-corrected chi connectivity index (χ1v) is 10.2. The van der Waals surface area contributed by atoms with E-state index >= 15 is 0 Å². The average molecular weight is 429 g/mol. The third kappa shape index (κ3) is 4.79. The van der Waals surface area contributed by atoms with E-state index in [0.29, 0.717) is 4.31 Å². The number of nitrogens with one attached hydrogen (secondary N) is 1. The number of benzene rings is 2. The Balaban J connectivity index is 2.35. The largest absolute Gasteiger partial charge is 0.465 e. The lowest BCUT2D eigenvalue weighted by molar-refractivity contribution is -0.116. The van der Waals surface area contributed by atoms with Crippen LogP contribution in [0.25, 0.3) is 0 Å². The first-order chi connectivity index (χ1) is 13.1. The molecular weight excluding hydrogens is 411 g/mol. The summed E-state index contributed by atoms with van der Waals surface area (Å²) in [6, 6.07) is 8.08. The molecule has 0 heterocycles. The van der Waals surface area contributed by atoms with Crippen LogP contribution in [0.1, 0.15) is 17.3 Å². The van der Waals surface area contributed by atoms with E-state index in [2.05, 4.69) is 10.1 Å². The van der Waals surface area contributed by atoms with Gasteiger partial charge < -0.3 is 10.1 Å². The lowest BCUT2D eigenvalue weighted by atomic mass is 10.2. The van der Waals surface area contributed by atoms with Crippen LogP contribution < -0.4 is 9.62 Å². The molecule has 0 spiro atoms. The van der Waals surface area contributed by atoms with Crippen LogP contribution in [0.5, 0.6) is 0 Å². The second-order valence-corrected chi connectivity index (χ2v) is 8.13. The molecule has 0 saturated carbocycles. The molecule has 1 atom stereocenters. The van der Waals surface area contributed by atoms with Gasteiger partial charge in [-0.25, -0.2) is 17.6 Å². The van der Waals surface area contributed by atoms with Gasteiger partial charge in [-0.15, -0.1) is 0 Å². The van der Waals surface area contributed by atoms with E-state index in [0.717, 1.165) is 12.3 Å². The molecule has 0 unspecified atom stereocenters. The fraction of sp³-hybridized carbons (Fsp3) is 0.222. The first-order valence-electron chi connectivity index (χ1n) is 7.99. The molecule has 0 aliphatic heterocycles. The zero-order valence-electron chi connectivity index (χ0n) is 15.3. The number of hydrogen-bond acceptors (Lipinski definition) is 5. The number of rotatable bonds is 6. The Hall–Kier alpha value is -2.65. The Labute approximate surface area is 167 Å². The Morgan fingerprint density at radius 1 is 1.21 bits per heavy atom. The SMILES string of the molecule is COC(=O)c1cc(NC(=O)[C@H](C)N(c2ccccc2F)S(C)(=O)=O)ccc1Cl. The summed E-state index contributed by atoms with van der Waals surface area (Å²) in [5.41, 5.74) is -0.0219. The van der Waals surface area contributed by atoms with Crippen LogP contribution >= 0.6 is 11.6 Å². The topological polar surface area (TPSA) is 92.8 Å². The number of amides is 1. The van der Waals surface area contributed by atoms with Gasteiger partial charge in [0.25, 0.3) is 0 Å². The van der Waals surface area contributed by atoms with Crippen molar-refractivity contribution in [2.24, 2.45) is 0 Å². The number of halogens is 2. The minimum Gasteiger partial charge on any atom is -0.465 e. The van der Waals surface area contributed by atoms with Gasteiger partial charge in [0.2, 0.25) is 15.9 Å². The van der Waals surface area contributed by atoms with E-state index in [1.54, 1.807) is 0 Å². The lowest BCUT2D eigenvalue weighted by Gasteiger charge is -2.28. The molecule has 0 fully saturated rings. The fourth-order valence-corrected chi connectivity index (χ4v) is 3.90. The van der Waals surface area contributed by atoms with Gasteiger partial charge in [0, 0.05) is 5.69 Å². The van der Waals surface area contributed by atoms with Crippen LogP contribution in [0.3, 0.4) is 0 Å². The highest BCUT2D eigenvalue weighted by molar-refractivity contribution is 7.92. The Morgan fingerprint density at radius 3 is 2.43 bits per heavy atom. The number of carbonyl (C=O) groups is 2. The second kappa shape index (κ2) is 8.57. The third-order valence-electron chi connectivity index (χ3n) is 3.82. The second-order valence-electron chi connectivity index (χ2n) is 5.86. The molecule has 0 aliphatic rings. The third-order valence-corrected chi connectivity index (χ3v) is 5.37. The number of methoxy groups -OCH3 is 1. The zero-order valence-corrected chi connectivity index (χ0v) is 16.8. The van der Waals surface area contributed by atoms with Crippen molar-refractivity contribution in [1.29, 1.82) is 0 Å². The van der Waals surface area contributed by atoms with Crippen molar-refractivity contribution >= 4 is 44.9 Å². The number of esters is 1. The number of nitrogens with zero attached hydrogens (tertiary/aromatic N) is 1. The molecule has 0 radical (unpaired) electrons. The van der Waals surface area contributed by atoms with Gasteiger partial charge in [0.1, 0.15) is 11.9 Å². The van der Waals surface area contributed by atoms with Crippen LogP contribution in [0.15, 0.2) is 42.5 Å². The van der Waals surface area contributed by atoms with E-state index in [1.165, 1.54) is 50.4 Å². The van der Waals surface area contributed by atoms with Gasteiger partial charge in [-0.2, -0.15) is 0 Å². The van der Waals surface area contributed by atoms with Gasteiger partial charge in [-0.05, 0) is 37.3 Å². The molecule has 0 saturated heterocycles. The number of sulfonamides is 1. The maximum atomic E-state index is 14.1. The van der Waals surface area contributed by atoms with E-state index in [-0.39, 0.29) is 22.0 Å². The van der Waals surface area contributed by atoms with Crippen molar-refractivity contribution in [2.45, 2.75) is 13.0 Å². The molecule has 1 amide bonds. The summed E-state index contributed by atoms with van der Waals surface area (Å²) in [7, 11) is -2.79. The van der Waals surface area contributed by atoms with Crippen LogP contribution in [-0.2, 0) is 19.6 Å². The van der Waals surface area contributed by atoms with Gasteiger partial charge in [-0.3, -0.25) is 9.10 Å². The van der Waals surface area contributed by atoms with Crippen molar-refractivity contribution in [3.8, 4) is 0 Å². The Kier molecular flexibility index (Phi) is 6.63. The summed E-state index contributed by atoms with van der Waals surface area (Å²) in [5, 5.41) is 2.62. The molecule has 7 nitrogen and oxygen atoms in total. The van der Waals surface area contributed by atoms with Crippen molar-refractivity contribution in [3.63, 3.8) is 0 Å². The predicted molar refractivity (Wildman–Crippen MR) is 105 cm³/mol. The highest BCUT2D eigenvalue weighted by Crippen LogP contribution is 2.25. The average Bonchev–Trinajstić information content (AvgIpc) is 2.63. The molecule has 2 aromatic carbocycles. The van der Waals surface area contributed by atoms with Crippen molar-refractivity contribution < 1.29 is 27.1 Å². The molecule has 10 heteroatoms. The van der Waals surface area contributed by atoms with E-state index < -0.39 is 33.8 Å². The van der Waals surface area contributed by atoms with Gasteiger partial charge in [0.05, 0.1) is 29.6 Å². The number of anilines is 2. The molecule has 150 valence electrons. The minimum atomic E-state index is -3.97. The summed E-state index contributed by atoms with van der Waals surface area (Å²) in [6.45, 7) is 1.32. The number of ether oxygens (including phenoxy) is 1. The number of hydrogen-bond donors (Lipinski definition) is 1. The van der Waals surface area contributed by atoms with Gasteiger partial charge >= 0.3 is 5.97 Å². The smallest absolute Gasteiger partial charge is 0.339 e. The van der Waals surface area contributed by atoms with Crippen LogP contribution in [0.2, 0.25) is 5.02 Å². The standard InChI is InChI=1S/C18H18ClFN2O5S/c1-11(22(28(3,25)26)16-7-5-4-6-15(16)20)17(23)21-12-8-9-14(19)13(10-12)18(24)27-2/h4-11H,1-3H3,(H,21,23)/t11-/m0/s1. The highest BCUT2D eigenvalue weighted by atomic mass is 35.5. The molecule has 0 bridgehead atoms. The Morgan fingerprint density at radius 2 is 1.86 bits per heavy atom. The predicted octanol–water partition coefficient (Wildman–Crippen LogP) is 3.06. The van der Waals surface area contributed by atoms with Crippen LogP contribution in [-0.4, -0.2) is 39.7 Å². The normalized spacial score (nSPS) is 12.2. The van der Waals surface area contributed by atoms with Gasteiger partial charge in [0.15, 0.2) is 0 Å². The summed E-state index contributed by atoms with van der Waals surface area (Å²) in [5.74, 6) is -2.21. The lowest BCUT2D eigenvalue weighted by Crippen LogP contribution is -2.45. The van der Waals surface area contributed by atoms with Crippen molar-refractivity contribution in [3.05, 3.63) is 58.9 Å². The summed E-state index contributed by atoms with van der Waals surface area (Å²) < 4.78 is 43.9. The van der Waals surface area contributed by atoms with E-state index in [1.807, 2.05) is 0 Å². The van der Waals surface area contributed by atoms with E-state index in [9.17, 15) is 22.4 Å². The first kappa shape index (κ1) is 21.6. The van der Waals surface area contributed by atoms with Gasteiger partial charge in [-0.1, -0.05) is 23.7 Å². The van der Waals surface area contributed by atoms with Crippen molar-refractivity contribution in [1.82, 2.24) is 0 Å². The molecular formula is C18H18ClFN2O5S. The maximum absolute atomic E-state index is 14.1. The Bertz CT molecular complexity index is 1010. The number of para-hydroxylation sites is 1. The molecule has 2 aromatic rings. The molecule has 1 N–H and O–H groups in total. The van der Waals surface area contributed by atoms with Crippen LogP contribution in [0.4, 0.5) is 15.8 Å². The summed E-state index contributed by atoms with van der Waals surface area (Å²) >= 11 is 5.93. The molecule has 0 aliphatic carbocycles. The maximum Gasteiger partial charge on any atom is 0.339 e. The fourth-order valence-electron chi connectivity index (χ4n) is 2.53. The van der Waals surface area contributed by atoms with E-state index in [4.69, 9.17) is 11.6 Å².